The summed E-state index contributed by atoms with van der Waals surface area (Å²) in [7, 11) is 0. The van der Waals surface area contributed by atoms with Gasteiger partial charge in [-0.2, -0.15) is 5.26 Å². The summed E-state index contributed by atoms with van der Waals surface area (Å²) in [6.45, 7) is 3.88. The van der Waals surface area contributed by atoms with E-state index in [4.69, 9.17) is 12.2 Å². The number of nitrogens with one attached hydrogen (secondary N) is 1. The van der Waals surface area contributed by atoms with E-state index < -0.39 is 5.54 Å². The number of thiocarbonyl (C=S) groups is 1. The predicted octanol–water partition coefficient (Wildman–Crippen LogP) is 2.83. The van der Waals surface area contributed by atoms with E-state index in [0.717, 1.165) is 49.5 Å². The summed E-state index contributed by atoms with van der Waals surface area (Å²) in [6, 6.07) is 2.33. The highest BCUT2D eigenvalue weighted by atomic mass is 32.2. The van der Waals surface area contributed by atoms with Crippen LogP contribution in [-0.4, -0.2) is 39.0 Å². The molecule has 1 aliphatic carbocycles. The highest BCUT2D eigenvalue weighted by Crippen LogP contribution is 2.28. The number of amides is 1. The SMILES string of the molecule is C[C@H](SC(=S)N1CCCC1)C(=O)NC1(C#N)CCCCC1. The van der Waals surface area contributed by atoms with Crippen molar-refractivity contribution < 1.29 is 4.79 Å². The summed E-state index contributed by atoms with van der Waals surface area (Å²) < 4.78 is 0.810. The molecule has 6 heteroatoms. The Morgan fingerprint density at radius 1 is 1.29 bits per heavy atom. The monoisotopic (exact) mass is 325 g/mol. The Kier molecular flexibility index (Phi) is 5.88. The van der Waals surface area contributed by atoms with Crippen LogP contribution in [0.3, 0.4) is 0 Å². The summed E-state index contributed by atoms with van der Waals surface area (Å²) >= 11 is 6.85. The molecule has 0 aromatic heterocycles. The fourth-order valence-corrected chi connectivity index (χ4v) is 4.35. The van der Waals surface area contributed by atoms with Crippen molar-refractivity contribution in [2.75, 3.05) is 13.1 Å². The summed E-state index contributed by atoms with van der Waals surface area (Å²) in [6.07, 6.45) is 7.08. The van der Waals surface area contributed by atoms with Gasteiger partial charge < -0.3 is 10.2 Å². The van der Waals surface area contributed by atoms with Crippen LogP contribution in [0.15, 0.2) is 0 Å². The van der Waals surface area contributed by atoms with Crippen LogP contribution in [0.1, 0.15) is 51.9 Å². The molecule has 4 nitrogen and oxygen atoms in total. The van der Waals surface area contributed by atoms with Crippen LogP contribution in [0.4, 0.5) is 0 Å². The molecule has 1 N–H and O–H groups in total. The molecule has 2 aliphatic rings. The van der Waals surface area contributed by atoms with Gasteiger partial charge in [0, 0.05) is 13.1 Å². The molecule has 0 aromatic carbocycles. The number of likely N-dealkylation sites (tertiary alicyclic amines) is 1. The molecule has 1 heterocycles. The lowest BCUT2D eigenvalue weighted by molar-refractivity contribution is -0.121. The average Bonchev–Trinajstić information content (AvgIpc) is 3.02. The fraction of sp³-hybridized carbons (Fsp3) is 0.800. The number of carbonyl (C=O) groups excluding carboxylic acids is 1. The average molecular weight is 326 g/mol. The maximum atomic E-state index is 12.4. The van der Waals surface area contributed by atoms with Crippen molar-refractivity contribution in [3.8, 4) is 6.07 Å². The Bertz CT molecular complexity index is 435. The van der Waals surface area contributed by atoms with Crippen LogP contribution in [0, 0.1) is 11.3 Å². The highest BCUT2D eigenvalue weighted by molar-refractivity contribution is 8.23. The third-order valence-corrected chi connectivity index (χ3v) is 5.87. The summed E-state index contributed by atoms with van der Waals surface area (Å²) in [5.41, 5.74) is -0.653. The molecule has 21 heavy (non-hydrogen) atoms. The minimum atomic E-state index is -0.653. The summed E-state index contributed by atoms with van der Waals surface area (Å²) in [5.74, 6) is -0.0648. The Balaban J connectivity index is 1.86. The molecule has 1 aliphatic heterocycles. The topological polar surface area (TPSA) is 56.1 Å². The second kappa shape index (κ2) is 7.46. The largest absolute Gasteiger partial charge is 0.358 e. The molecule has 2 rings (SSSR count). The molecule has 1 atom stereocenters. The number of nitriles is 1. The first-order valence-electron chi connectivity index (χ1n) is 7.75. The van der Waals surface area contributed by atoms with E-state index in [-0.39, 0.29) is 11.2 Å². The third-order valence-electron chi connectivity index (χ3n) is 4.29. The maximum Gasteiger partial charge on any atom is 0.234 e. The lowest BCUT2D eigenvalue weighted by atomic mass is 9.83. The third kappa shape index (κ3) is 4.33. The van der Waals surface area contributed by atoms with Crippen molar-refractivity contribution in [2.24, 2.45) is 0 Å². The van der Waals surface area contributed by atoms with Crippen LogP contribution in [0.2, 0.25) is 0 Å². The number of rotatable bonds is 3. The Morgan fingerprint density at radius 3 is 2.48 bits per heavy atom. The van der Waals surface area contributed by atoms with E-state index in [1.54, 1.807) is 0 Å². The van der Waals surface area contributed by atoms with Gasteiger partial charge in [0.25, 0.3) is 0 Å². The first-order valence-corrected chi connectivity index (χ1v) is 9.04. The zero-order valence-corrected chi connectivity index (χ0v) is 14.2. The minimum absolute atomic E-state index is 0.0648. The quantitative estimate of drug-likeness (QED) is 0.809. The first kappa shape index (κ1) is 16.6. The standard InChI is InChI=1S/C15H23N3OS2/c1-12(21-14(20)18-9-5-6-10-18)13(19)17-15(11-16)7-3-2-4-8-15/h12H,2-10H2,1H3,(H,17,19)/t12-/m0/s1. The molecular weight excluding hydrogens is 302 g/mol. The number of carbonyl (C=O) groups is 1. The minimum Gasteiger partial charge on any atom is -0.358 e. The molecule has 1 saturated carbocycles. The van der Waals surface area contributed by atoms with Crippen LogP contribution >= 0.6 is 24.0 Å². The second-order valence-corrected chi connectivity index (χ2v) is 7.94. The van der Waals surface area contributed by atoms with Gasteiger partial charge in [0.2, 0.25) is 5.91 Å². The highest BCUT2D eigenvalue weighted by Gasteiger charge is 2.35. The van der Waals surface area contributed by atoms with Crippen LogP contribution in [-0.2, 0) is 4.79 Å². The zero-order chi connectivity index (χ0) is 15.3. The smallest absolute Gasteiger partial charge is 0.234 e. The zero-order valence-electron chi connectivity index (χ0n) is 12.6. The van der Waals surface area contributed by atoms with E-state index >= 15 is 0 Å². The fourth-order valence-electron chi connectivity index (χ4n) is 2.94. The van der Waals surface area contributed by atoms with Gasteiger partial charge in [0.1, 0.15) is 9.86 Å². The summed E-state index contributed by atoms with van der Waals surface area (Å²) in [4.78, 5) is 14.5. The van der Waals surface area contributed by atoms with Gasteiger partial charge in [-0.3, -0.25) is 4.79 Å². The molecule has 0 spiro atoms. The number of nitrogens with zero attached hydrogens (tertiary/aromatic N) is 2. The van der Waals surface area contributed by atoms with E-state index in [2.05, 4.69) is 16.3 Å². The van der Waals surface area contributed by atoms with E-state index in [9.17, 15) is 10.1 Å². The molecule has 0 aromatic rings. The Labute approximate surface area is 136 Å². The van der Waals surface area contributed by atoms with E-state index in [0.29, 0.717) is 0 Å². The van der Waals surface area contributed by atoms with Crippen molar-refractivity contribution in [1.29, 1.82) is 5.26 Å². The Morgan fingerprint density at radius 2 is 1.90 bits per heavy atom. The molecule has 0 bridgehead atoms. The van der Waals surface area contributed by atoms with Crippen LogP contribution < -0.4 is 5.32 Å². The molecule has 2 fully saturated rings. The number of hydrogen-bond donors (Lipinski definition) is 1. The van der Waals surface area contributed by atoms with Crippen LogP contribution in [0.5, 0.6) is 0 Å². The van der Waals surface area contributed by atoms with Gasteiger partial charge in [-0.1, -0.05) is 43.2 Å². The van der Waals surface area contributed by atoms with Crippen molar-refractivity contribution in [1.82, 2.24) is 10.2 Å². The van der Waals surface area contributed by atoms with Crippen LogP contribution in [0.25, 0.3) is 0 Å². The van der Waals surface area contributed by atoms with Gasteiger partial charge in [-0.05, 0) is 32.6 Å². The molecule has 1 saturated heterocycles. The van der Waals surface area contributed by atoms with Crippen molar-refractivity contribution in [2.45, 2.75) is 62.7 Å². The first-order chi connectivity index (χ1) is 10.1. The molecule has 0 unspecified atom stereocenters. The maximum absolute atomic E-state index is 12.4. The summed E-state index contributed by atoms with van der Waals surface area (Å²) in [5, 5.41) is 12.2. The van der Waals surface area contributed by atoms with Gasteiger partial charge in [-0.25, -0.2) is 0 Å². The van der Waals surface area contributed by atoms with E-state index in [1.165, 1.54) is 24.6 Å². The number of thioether (sulfide) groups is 1. The lowest BCUT2D eigenvalue weighted by Gasteiger charge is -2.32. The number of hydrogen-bond acceptors (Lipinski definition) is 4. The van der Waals surface area contributed by atoms with Gasteiger partial charge in [-0.15, -0.1) is 0 Å². The Hall–Kier alpha value is -0.800. The molecule has 116 valence electrons. The molecular formula is C15H23N3OS2. The predicted molar refractivity (Wildman–Crippen MR) is 90.0 cm³/mol. The normalized spacial score (nSPS) is 22.4. The van der Waals surface area contributed by atoms with Gasteiger partial charge in [0.05, 0.1) is 11.3 Å². The van der Waals surface area contributed by atoms with Gasteiger partial charge in [0.15, 0.2) is 0 Å². The molecule has 0 radical (unpaired) electrons. The lowest BCUT2D eigenvalue weighted by Crippen LogP contribution is -2.51. The van der Waals surface area contributed by atoms with Gasteiger partial charge >= 0.3 is 0 Å². The molecule has 1 amide bonds. The second-order valence-electron chi connectivity index (χ2n) is 5.96. The van der Waals surface area contributed by atoms with Crippen molar-refractivity contribution in [3.63, 3.8) is 0 Å². The van der Waals surface area contributed by atoms with Crippen molar-refractivity contribution in [3.05, 3.63) is 0 Å². The van der Waals surface area contributed by atoms with Crippen molar-refractivity contribution >= 4 is 34.2 Å². The van der Waals surface area contributed by atoms with E-state index in [1.807, 2.05) is 6.92 Å².